The lowest BCUT2D eigenvalue weighted by atomic mass is 10.2. The van der Waals surface area contributed by atoms with Crippen molar-refractivity contribution in [1.29, 1.82) is 0 Å². The van der Waals surface area contributed by atoms with E-state index in [-0.39, 0.29) is 36.0 Å². The van der Waals surface area contributed by atoms with E-state index in [0.29, 0.717) is 0 Å². The van der Waals surface area contributed by atoms with Crippen LogP contribution >= 0.6 is 0 Å². The largest absolute Gasteiger partial charge is 0.593 e. The first-order valence-corrected chi connectivity index (χ1v) is 10.4. The molecule has 0 fully saturated rings. The van der Waals surface area contributed by atoms with Crippen LogP contribution in [-0.2, 0) is 33.9 Å². The summed E-state index contributed by atoms with van der Waals surface area (Å²) < 4.78 is 67.6. The van der Waals surface area contributed by atoms with Crippen LogP contribution in [0.25, 0.3) is 5.69 Å². The topological polar surface area (TPSA) is 83.2 Å². The lowest BCUT2D eigenvalue weighted by Gasteiger charge is -2.29. The second-order valence-electron chi connectivity index (χ2n) is 6.96. The molecule has 0 amide bonds. The first-order chi connectivity index (χ1) is 14.1. The molecule has 1 unspecified atom stereocenters. The summed E-state index contributed by atoms with van der Waals surface area (Å²) >= 11 is 0. The standard InChI is InChI=1S/C19H17F3N4O3S/c1-13-2-8-16(9-3-13)30(28,29)24-10-11-25-17(12-24)23-26(18(25)27)15-6-4-14(5-7-15)19(20,21)22/h2-9H,10-12H2,1H3. The van der Waals surface area contributed by atoms with E-state index in [1.54, 1.807) is 12.1 Å². The molecule has 158 valence electrons. The van der Waals surface area contributed by atoms with Crippen molar-refractivity contribution in [2.75, 3.05) is 6.54 Å². The number of benzene rings is 2. The number of hydrogen-bond donors (Lipinski definition) is 0. The smallest absolute Gasteiger partial charge is 0.416 e. The molecule has 7 nitrogen and oxygen atoms in total. The van der Waals surface area contributed by atoms with E-state index >= 15 is 0 Å². The third-order valence-corrected chi connectivity index (χ3v) is 6.79. The highest BCUT2D eigenvalue weighted by molar-refractivity contribution is 7.95. The third-order valence-electron chi connectivity index (χ3n) is 4.93. The van der Waals surface area contributed by atoms with Crippen molar-refractivity contribution in [1.82, 2.24) is 18.7 Å². The Labute approximate surface area is 170 Å². The van der Waals surface area contributed by atoms with Crippen molar-refractivity contribution in [2.24, 2.45) is 0 Å². The molecule has 1 aliphatic rings. The van der Waals surface area contributed by atoms with E-state index in [1.807, 2.05) is 6.92 Å². The van der Waals surface area contributed by atoms with Crippen molar-refractivity contribution >= 4 is 10.4 Å². The van der Waals surface area contributed by atoms with Crippen LogP contribution in [0.4, 0.5) is 13.2 Å². The minimum Gasteiger partial charge on any atom is -0.593 e. The van der Waals surface area contributed by atoms with Crippen LogP contribution in [0.5, 0.6) is 0 Å². The summed E-state index contributed by atoms with van der Waals surface area (Å²) in [5, 5.41) is 4.16. The Kier molecular flexibility index (Phi) is 4.91. The number of aromatic nitrogens is 3. The molecule has 1 atom stereocenters. The van der Waals surface area contributed by atoms with Crippen molar-refractivity contribution in [2.45, 2.75) is 31.1 Å². The van der Waals surface area contributed by atoms with Gasteiger partial charge in [-0.3, -0.25) is 4.57 Å². The highest BCUT2D eigenvalue weighted by atomic mass is 32.3. The zero-order valence-electron chi connectivity index (χ0n) is 15.8. The van der Waals surface area contributed by atoms with Gasteiger partial charge in [0.25, 0.3) is 0 Å². The van der Waals surface area contributed by atoms with Gasteiger partial charge in [0.1, 0.15) is 6.54 Å². The monoisotopic (exact) mass is 438 g/mol. The van der Waals surface area contributed by atoms with Crippen molar-refractivity contribution in [3.8, 4) is 5.69 Å². The first kappa shape index (κ1) is 20.5. The predicted octanol–water partition coefficient (Wildman–Crippen LogP) is 2.78. The second kappa shape index (κ2) is 7.18. The number of aryl methyl sites for hydroxylation is 1. The normalized spacial score (nSPS) is 16.8. The molecule has 11 heteroatoms. The van der Waals surface area contributed by atoms with Gasteiger partial charge in [0, 0.05) is 6.54 Å². The van der Waals surface area contributed by atoms with Gasteiger partial charge < -0.3 is 4.55 Å². The third kappa shape index (κ3) is 3.59. The van der Waals surface area contributed by atoms with Crippen LogP contribution in [0.1, 0.15) is 17.0 Å². The molecule has 2 aromatic carbocycles. The number of alkyl halides is 3. The number of rotatable bonds is 3. The van der Waals surface area contributed by atoms with E-state index < -0.39 is 27.8 Å². The molecule has 30 heavy (non-hydrogen) atoms. The Hall–Kier alpha value is -2.76. The Morgan fingerprint density at radius 1 is 1.03 bits per heavy atom. The van der Waals surface area contributed by atoms with Gasteiger partial charge in [0.05, 0.1) is 17.8 Å². The van der Waals surface area contributed by atoms with Crippen LogP contribution < -0.4 is 5.69 Å². The van der Waals surface area contributed by atoms with E-state index in [4.69, 9.17) is 0 Å². The Bertz CT molecular complexity index is 1180. The SMILES string of the molecule is Cc1ccc([S+](=O)([O-])N2CCn3c(nn(-c4ccc(C(F)(F)F)cc4)c3=O)C2)cc1. The summed E-state index contributed by atoms with van der Waals surface area (Å²) in [5.41, 5.74) is -0.268. The summed E-state index contributed by atoms with van der Waals surface area (Å²) in [7, 11) is -3.77. The molecule has 0 spiro atoms. The molecule has 0 saturated carbocycles. The van der Waals surface area contributed by atoms with Crippen molar-refractivity contribution in [3.05, 3.63) is 76.0 Å². The zero-order chi connectivity index (χ0) is 21.7. The molecular formula is C19H17F3N4O3S. The molecule has 4 rings (SSSR count). The van der Waals surface area contributed by atoms with Gasteiger partial charge in [-0.1, -0.05) is 21.9 Å². The maximum absolute atomic E-state index is 12.9. The average molecular weight is 438 g/mol. The van der Waals surface area contributed by atoms with Crippen LogP contribution in [0, 0.1) is 6.92 Å². The number of halogens is 3. The second-order valence-corrected chi connectivity index (χ2v) is 8.90. The number of sulfonamides is 1. The Morgan fingerprint density at radius 2 is 1.67 bits per heavy atom. The summed E-state index contributed by atoms with van der Waals surface area (Å²) in [4.78, 5) is 12.8. The van der Waals surface area contributed by atoms with E-state index in [2.05, 4.69) is 5.10 Å². The first-order valence-electron chi connectivity index (χ1n) is 9.00. The van der Waals surface area contributed by atoms with Crippen LogP contribution in [-0.4, -0.2) is 29.8 Å². The lowest BCUT2D eigenvalue weighted by molar-refractivity contribution is -0.137. The summed E-state index contributed by atoms with van der Waals surface area (Å²) in [6.07, 6.45) is -4.48. The number of nitrogens with zero attached hydrogens (tertiary/aromatic N) is 4. The van der Waals surface area contributed by atoms with Gasteiger partial charge in [0.15, 0.2) is 21.1 Å². The molecule has 1 aromatic heterocycles. The van der Waals surface area contributed by atoms with Gasteiger partial charge in [-0.2, -0.15) is 17.9 Å². The average Bonchev–Trinajstić information content (AvgIpc) is 3.04. The number of hydrogen-bond acceptors (Lipinski definition) is 4. The Balaban J connectivity index is 1.63. The maximum Gasteiger partial charge on any atom is 0.416 e. The summed E-state index contributed by atoms with van der Waals surface area (Å²) in [6.45, 7) is 1.92. The highest BCUT2D eigenvalue weighted by Crippen LogP contribution is 2.29. The molecule has 0 radical (unpaired) electrons. The van der Waals surface area contributed by atoms with Gasteiger partial charge in [0.2, 0.25) is 0 Å². The quantitative estimate of drug-likeness (QED) is 0.589. The summed E-state index contributed by atoms with van der Waals surface area (Å²) in [5.74, 6) is 0.224. The minimum atomic E-state index is -4.48. The van der Waals surface area contributed by atoms with Gasteiger partial charge in [-0.25, -0.2) is 4.79 Å². The van der Waals surface area contributed by atoms with E-state index in [0.717, 1.165) is 34.5 Å². The highest BCUT2D eigenvalue weighted by Gasteiger charge is 2.35. The summed E-state index contributed by atoms with van der Waals surface area (Å²) in [6, 6.07) is 10.5. The van der Waals surface area contributed by atoms with Crippen molar-refractivity contribution in [3.63, 3.8) is 0 Å². The molecule has 2 heterocycles. The molecular weight excluding hydrogens is 421 g/mol. The fourth-order valence-corrected chi connectivity index (χ4v) is 4.64. The van der Waals surface area contributed by atoms with Gasteiger partial charge in [-0.05, 0) is 43.3 Å². The van der Waals surface area contributed by atoms with Crippen LogP contribution in [0.15, 0.2) is 58.2 Å². The van der Waals surface area contributed by atoms with Crippen LogP contribution in [0.2, 0.25) is 0 Å². The molecule has 0 saturated heterocycles. The Morgan fingerprint density at radius 3 is 2.27 bits per heavy atom. The van der Waals surface area contributed by atoms with Gasteiger partial charge >= 0.3 is 11.9 Å². The van der Waals surface area contributed by atoms with Gasteiger partial charge in [-0.15, -0.1) is 9.40 Å². The molecule has 0 N–H and O–H groups in total. The molecule has 3 aromatic rings. The fourth-order valence-electron chi connectivity index (χ4n) is 3.25. The molecule has 0 aliphatic carbocycles. The predicted molar refractivity (Wildman–Crippen MR) is 102 cm³/mol. The van der Waals surface area contributed by atoms with E-state index in [9.17, 15) is 26.7 Å². The minimum absolute atomic E-state index is 0.0851. The molecule has 0 bridgehead atoms. The van der Waals surface area contributed by atoms with E-state index in [1.165, 1.54) is 21.0 Å². The van der Waals surface area contributed by atoms with Crippen LogP contribution in [0.3, 0.4) is 0 Å². The number of fused-ring (bicyclic) bond motifs is 1. The zero-order valence-corrected chi connectivity index (χ0v) is 16.6. The van der Waals surface area contributed by atoms with Crippen molar-refractivity contribution < 1.29 is 21.9 Å². The lowest BCUT2D eigenvalue weighted by Crippen LogP contribution is -2.43. The molecule has 1 aliphatic heterocycles. The fraction of sp³-hybridized carbons (Fsp3) is 0.263. The maximum atomic E-state index is 12.9.